The van der Waals surface area contributed by atoms with Gasteiger partial charge in [0.25, 0.3) is 5.91 Å². The van der Waals surface area contributed by atoms with Crippen LogP contribution in [0, 0.1) is 6.92 Å². The SMILES string of the molecule is Cc1ccc(S(=O)(=O)Oc2cccc(/C=N/NC(=O)c3ccc(Cl)cc3Cl)c2)cc1. The highest BCUT2D eigenvalue weighted by molar-refractivity contribution is 7.87. The quantitative estimate of drug-likeness (QED) is 0.322. The Morgan fingerprint density at radius 1 is 1.03 bits per heavy atom. The molecule has 0 aliphatic rings. The van der Waals surface area contributed by atoms with Gasteiger partial charge in [0.15, 0.2) is 0 Å². The van der Waals surface area contributed by atoms with E-state index in [0.717, 1.165) is 5.56 Å². The first kappa shape index (κ1) is 21.8. The summed E-state index contributed by atoms with van der Waals surface area (Å²) < 4.78 is 30.0. The van der Waals surface area contributed by atoms with E-state index in [0.29, 0.717) is 10.6 Å². The Balaban J connectivity index is 1.69. The van der Waals surface area contributed by atoms with E-state index in [4.69, 9.17) is 27.4 Å². The third-order valence-electron chi connectivity index (χ3n) is 3.93. The van der Waals surface area contributed by atoms with Crippen molar-refractivity contribution in [2.24, 2.45) is 5.10 Å². The molecule has 0 aromatic heterocycles. The average molecular weight is 463 g/mol. The number of amides is 1. The molecular weight excluding hydrogens is 447 g/mol. The van der Waals surface area contributed by atoms with E-state index in [-0.39, 0.29) is 21.2 Å². The van der Waals surface area contributed by atoms with Gasteiger partial charge in [-0.05, 0) is 55.0 Å². The van der Waals surface area contributed by atoms with E-state index in [1.807, 2.05) is 6.92 Å². The minimum absolute atomic E-state index is 0.0549. The number of hydrazone groups is 1. The van der Waals surface area contributed by atoms with Crippen molar-refractivity contribution in [3.8, 4) is 5.75 Å². The number of hydrogen-bond donors (Lipinski definition) is 1. The number of benzene rings is 3. The van der Waals surface area contributed by atoms with Crippen LogP contribution in [0.5, 0.6) is 5.75 Å². The molecule has 1 N–H and O–H groups in total. The molecule has 1 amide bonds. The van der Waals surface area contributed by atoms with Crippen molar-refractivity contribution in [3.05, 3.63) is 93.5 Å². The van der Waals surface area contributed by atoms with Gasteiger partial charge in [-0.1, -0.05) is 53.0 Å². The number of nitrogens with one attached hydrogen (secondary N) is 1. The molecule has 0 saturated carbocycles. The van der Waals surface area contributed by atoms with E-state index < -0.39 is 16.0 Å². The Labute approximate surface area is 184 Å². The fraction of sp³-hybridized carbons (Fsp3) is 0.0476. The molecule has 0 bridgehead atoms. The number of halogens is 2. The van der Waals surface area contributed by atoms with Crippen molar-refractivity contribution in [2.45, 2.75) is 11.8 Å². The summed E-state index contributed by atoms with van der Waals surface area (Å²) >= 11 is 11.8. The predicted octanol–water partition coefficient (Wildman–Crippen LogP) is 4.83. The van der Waals surface area contributed by atoms with Crippen LogP contribution in [0.2, 0.25) is 10.0 Å². The molecule has 0 unspecified atom stereocenters. The van der Waals surface area contributed by atoms with Crippen LogP contribution in [0.15, 0.2) is 76.7 Å². The van der Waals surface area contributed by atoms with Gasteiger partial charge in [-0.25, -0.2) is 5.43 Å². The molecule has 0 saturated heterocycles. The van der Waals surface area contributed by atoms with E-state index in [1.165, 1.54) is 42.6 Å². The van der Waals surface area contributed by atoms with E-state index >= 15 is 0 Å². The maximum absolute atomic E-state index is 12.4. The van der Waals surface area contributed by atoms with Crippen LogP contribution in [-0.2, 0) is 10.1 Å². The molecule has 3 aromatic rings. The molecule has 9 heteroatoms. The summed E-state index contributed by atoms with van der Waals surface area (Å²) in [6.07, 6.45) is 1.35. The van der Waals surface area contributed by atoms with Crippen molar-refractivity contribution in [3.63, 3.8) is 0 Å². The number of nitrogens with zero attached hydrogens (tertiary/aromatic N) is 1. The standard InChI is InChI=1S/C21H16Cl2N2O4S/c1-14-5-8-18(9-6-14)30(27,28)29-17-4-2-3-15(11-17)13-24-25-21(26)19-10-7-16(22)12-20(19)23/h2-13H,1H3,(H,25,26)/b24-13+. The fourth-order valence-electron chi connectivity index (χ4n) is 2.43. The number of aryl methyl sites for hydroxylation is 1. The number of rotatable bonds is 6. The summed E-state index contributed by atoms with van der Waals surface area (Å²) in [6, 6.07) is 17.1. The Kier molecular flexibility index (Phi) is 6.77. The van der Waals surface area contributed by atoms with E-state index in [9.17, 15) is 13.2 Å². The highest BCUT2D eigenvalue weighted by Crippen LogP contribution is 2.21. The summed E-state index contributed by atoms with van der Waals surface area (Å²) in [6.45, 7) is 1.86. The molecule has 3 rings (SSSR count). The van der Waals surface area contributed by atoms with Crippen LogP contribution in [0.4, 0.5) is 0 Å². The number of carbonyl (C=O) groups is 1. The first-order valence-electron chi connectivity index (χ1n) is 8.64. The van der Waals surface area contributed by atoms with Gasteiger partial charge in [0.05, 0.1) is 16.8 Å². The average Bonchev–Trinajstić information content (AvgIpc) is 2.68. The first-order chi connectivity index (χ1) is 14.2. The Morgan fingerprint density at radius 3 is 2.47 bits per heavy atom. The lowest BCUT2D eigenvalue weighted by Gasteiger charge is -2.08. The van der Waals surface area contributed by atoms with Gasteiger partial charge in [-0.2, -0.15) is 13.5 Å². The molecule has 0 atom stereocenters. The molecule has 154 valence electrons. The third-order valence-corrected chi connectivity index (χ3v) is 5.74. The molecule has 0 aliphatic carbocycles. The second-order valence-electron chi connectivity index (χ2n) is 6.25. The van der Waals surface area contributed by atoms with Crippen molar-refractivity contribution in [1.82, 2.24) is 5.43 Å². The monoisotopic (exact) mass is 462 g/mol. The van der Waals surface area contributed by atoms with Crippen molar-refractivity contribution in [2.75, 3.05) is 0 Å². The van der Waals surface area contributed by atoms with E-state index in [1.54, 1.807) is 30.3 Å². The summed E-state index contributed by atoms with van der Waals surface area (Å²) in [4.78, 5) is 12.2. The highest BCUT2D eigenvalue weighted by atomic mass is 35.5. The molecular formula is C21H16Cl2N2O4S. The molecule has 30 heavy (non-hydrogen) atoms. The highest BCUT2D eigenvalue weighted by Gasteiger charge is 2.16. The van der Waals surface area contributed by atoms with Gasteiger partial charge in [0.2, 0.25) is 0 Å². The summed E-state index contributed by atoms with van der Waals surface area (Å²) in [5.74, 6) is -0.395. The van der Waals surface area contributed by atoms with Gasteiger partial charge in [0.1, 0.15) is 10.6 Å². The van der Waals surface area contributed by atoms with Gasteiger partial charge >= 0.3 is 10.1 Å². The van der Waals surface area contributed by atoms with Crippen molar-refractivity contribution < 1.29 is 17.4 Å². The largest absolute Gasteiger partial charge is 0.379 e. The van der Waals surface area contributed by atoms with Gasteiger partial charge in [0, 0.05) is 5.02 Å². The number of carbonyl (C=O) groups excluding carboxylic acids is 1. The minimum atomic E-state index is -3.96. The van der Waals surface area contributed by atoms with Crippen LogP contribution in [0.25, 0.3) is 0 Å². The Bertz CT molecular complexity index is 1210. The minimum Gasteiger partial charge on any atom is -0.379 e. The van der Waals surface area contributed by atoms with Crippen LogP contribution in [0.3, 0.4) is 0 Å². The molecule has 0 aliphatic heterocycles. The molecule has 0 heterocycles. The van der Waals surface area contributed by atoms with E-state index in [2.05, 4.69) is 10.5 Å². The smallest absolute Gasteiger partial charge is 0.339 e. The van der Waals surface area contributed by atoms with Gasteiger partial charge in [-0.3, -0.25) is 4.79 Å². The maximum Gasteiger partial charge on any atom is 0.339 e. The molecule has 6 nitrogen and oxygen atoms in total. The van der Waals surface area contributed by atoms with Crippen LogP contribution in [-0.4, -0.2) is 20.5 Å². The first-order valence-corrected chi connectivity index (χ1v) is 10.8. The van der Waals surface area contributed by atoms with Gasteiger partial charge < -0.3 is 4.18 Å². The lowest BCUT2D eigenvalue weighted by atomic mass is 10.2. The lowest BCUT2D eigenvalue weighted by Crippen LogP contribution is -2.18. The molecule has 0 spiro atoms. The van der Waals surface area contributed by atoms with Crippen LogP contribution in [0.1, 0.15) is 21.5 Å². The maximum atomic E-state index is 12.4. The molecule has 3 aromatic carbocycles. The summed E-state index contributed by atoms with van der Waals surface area (Å²) in [5, 5.41) is 4.48. The summed E-state index contributed by atoms with van der Waals surface area (Å²) in [7, 11) is -3.96. The zero-order chi connectivity index (χ0) is 21.7. The van der Waals surface area contributed by atoms with Crippen LogP contribution >= 0.6 is 23.2 Å². The van der Waals surface area contributed by atoms with Crippen molar-refractivity contribution in [1.29, 1.82) is 0 Å². The predicted molar refractivity (Wildman–Crippen MR) is 117 cm³/mol. The zero-order valence-corrected chi connectivity index (χ0v) is 18.0. The van der Waals surface area contributed by atoms with Crippen molar-refractivity contribution >= 4 is 45.4 Å². The molecule has 0 radical (unpaired) electrons. The number of hydrogen-bond acceptors (Lipinski definition) is 5. The normalized spacial score (nSPS) is 11.4. The Morgan fingerprint density at radius 2 is 1.77 bits per heavy atom. The fourth-order valence-corrected chi connectivity index (χ4v) is 3.84. The second kappa shape index (κ2) is 9.30. The zero-order valence-electron chi connectivity index (χ0n) is 15.7. The Hall–Kier alpha value is -2.87. The van der Waals surface area contributed by atoms with Crippen LogP contribution < -0.4 is 9.61 Å². The summed E-state index contributed by atoms with van der Waals surface area (Å²) in [5.41, 5.74) is 4.03. The second-order valence-corrected chi connectivity index (χ2v) is 8.64. The van der Waals surface area contributed by atoms with Gasteiger partial charge in [-0.15, -0.1) is 0 Å². The third kappa shape index (κ3) is 5.60. The lowest BCUT2D eigenvalue weighted by molar-refractivity contribution is 0.0955. The molecule has 0 fully saturated rings. The topological polar surface area (TPSA) is 84.8 Å².